The second-order valence-corrected chi connectivity index (χ2v) is 2.61. The van der Waals surface area contributed by atoms with Crippen molar-refractivity contribution in [3.05, 3.63) is 29.3 Å². The van der Waals surface area contributed by atoms with Crippen LogP contribution >= 0.6 is 0 Å². The summed E-state index contributed by atoms with van der Waals surface area (Å²) in [5.41, 5.74) is -0.948. The van der Waals surface area contributed by atoms with Gasteiger partial charge in [-0.25, -0.2) is 0 Å². The van der Waals surface area contributed by atoms with Gasteiger partial charge in [0.1, 0.15) is 12.0 Å². The molecule has 0 saturated carbocycles. The third-order valence-electron chi connectivity index (χ3n) is 1.63. The monoisotopic (exact) mass is 204 g/mol. The van der Waals surface area contributed by atoms with Gasteiger partial charge < -0.3 is 4.74 Å². The van der Waals surface area contributed by atoms with Crippen molar-refractivity contribution >= 4 is 6.29 Å². The lowest BCUT2D eigenvalue weighted by Gasteiger charge is -2.09. The predicted molar refractivity (Wildman–Crippen MR) is 43.4 cm³/mol. The van der Waals surface area contributed by atoms with Crippen molar-refractivity contribution in [2.45, 2.75) is 6.18 Å². The highest BCUT2D eigenvalue weighted by molar-refractivity contribution is 5.76. The van der Waals surface area contributed by atoms with Gasteiger partial charge in [0.2, 0.25) is 0 Å². The van der Waals surface area contributed by atoms with Crippen molar-refractivity contribution in [3.63, 3.8) is 0 Å². The lowest BCUT2D eigenvalue weighted by molar-refractivity contribution is -0.137. The number of carbonyl (C=O) groups excluding carboxylic acids is 1. The summed E-state index contributed by atoms with van der Waals surface area (Å²) < 4.78 is 41.4. The van der Waals surface area contributed by atoms with Crippen LogP contribution in [0.2, 0.25) is 0 Å². The zero-order chi connectivity index (χ0) is 10.8. The van der Waals surface area contributed by atoms with Crippen LogP contribution in [0.4, 0.5) is 13.2 Å². The molecule has 14 heavy (non-hydrogen) atoms. The van der Waals surface area contributed by atoms with Gasteiger partial charge >= 0.3 is 6.18 Å². The quantitative estimate of drug-likeness (QED) is 0.692. The Balaban J connectivity index is 3.24. The van der Waals surface area contributed by atoms with E-state index in [1.165, 1.54) is 13.2 Å². The standard InChI is InChI=1S/C9H7F3O2/c1-14-8-3-6(5-13)2-7(4-8)9(10,11)12/h2-5H,1H3. The first kappa shape index (κ1) is 10.6. The minimum absolute atomic E-state index is 0.0157. The van der Waals surface area contributed by atoms with Gasteiger partial charge in [-0.05, 0) is 18.2 Å². The molecule has 76 valence electrons. The van der Waals surface area contributed by atoms with Gasteiger partial charge in [0.05, 0.1) is 12.7 Å². The molecule has 1 aromatic rings. The van der Waals surface area contributed by atoms with Gasteiger partial charge in [-0.3, -0.25) is 4.79 Å². The van der Waals surface area contributed by atoms with Gasteiger partial charge in [0.15, 0.2) is 0 Å². The fourth-order valence-electron chi connectivity index (χ4n) is 0.972. The fraction of sp³-hybridized carbons (Fsp3) is 0.222. The van der Waals surface area contributed by atoms with Crippen LogP contribution < -0.4 is 4.74 Å². The van der Waals surface area contributed by atoms with E-state index in [1.807, 2.05) is 0 Å². The molecule has 0 unspecified atom stereocenters. The summed E-state index contributed by atoms with van der Waals surface area (Å²) in [5.74, 6) is 0.0157. The zero-order valence-electron chi connectivity index (χ0n) is 7.26. The number of benzene rings is 1. The fourth-order valence-corrected chi connectivity index (χ4v) is 0.972. The summed E-state index contributed by atoms with van der Waals surface area (Å²) in [7, 11) is 1.24. The highest BCUT2D eigenvalue weighted by atomic mass is 19.4. The van der Waals surface area contributed by atoms with Gasteiger partial charge in [-0.15, -0.1) is 0 Å². The molecule has 0 aliphatic rings. The van der Waals surface area contributed by atoms with Crippen molar-refractivity contribution in [1.29, 1.82) is 0 Å². The Labute approximate surface area is 78.3 Å². The van der Waals surface area contributed by atoms with E-state index in [9.17, 15) is 18.0 Å². The van der Waals surface area contributed by atoms with E-state index in [0.717, 1.165) is 12.1 Å². The molecule has 0 bridgehead atoms. The van der Waals surface area contributed by atoms with Gasteiger partial charge in [-0.2, -0.15) is 13.2 Å². The van der Waals surface area contributed by atoms with E-state index in [2.05, 4.69) is 4.74 Å². The van der Waals surface area contributed by atoms with Crippen LogP contribution in [0.3, 0.4) is 0 Å². The van der Waals surface area contributed by atoms with Crippen molar-refractivity contribution in [3.8, 4) is 5.75 Å². The Morgan fingerprint density at radius 2 is 1.93 bits per heavy atom. The van der Waals surface area contributed by atoms with E-state index in [4.69, 9.17) is 0 Å². The molecule has 0 spiro atoms. The number of ether oxygens (including phenoxy) is 1. The van der Waals surface area contributed by atoms with E-state index < -0.39 is 11.7 Å². The Hall–Kier alpha value is -1.52. The van der Waals surface area contributed by atoms with Crippen LogP contribution in [0.15, 0.2) is 18.2 Å². The lowest BCUT2D eigenvalue weighted by atomic mass is 10.1. The highest BCUT2D eigenvalue weighted by Crippen LogP contribution is 2.32. The number of carbonyl (C=O) groups is 1. The van der Waals surface area contributed by atoms with Crippen molar-refractivity contribution in [2.75, 3.05) is 7.11 Å². The van der Waals surface area contributed by atoms with Crippen LogP contribution in [0.1, 0.15) is 15.9 Å². The summed E-state index contributed by atoms with van der Waals surface area (Å²) in [6.07, 6.45) is -4.12. The maximum atomic E-state index is 12.2. The van der Waals surface area contributed by atoms with E-state index in [1.54, 1.807) is 0 Å². The predicted octanol–water partition coefficient (Wildman–Crippen LogP) is 2.53. The molecule has 0 aliphatic heterocycles. The molecular formula is C9H7F3O2. The second-order valence-electron chi connectivity index (χ2n) is 2.61. The third kappa shape index (κ3) is 2.25. The smallest absolute Gasteiger partial charge is 0.416 e. The Bertz CT molecular complexity index is 344. The number of hydrogen-bond donors (Lipinski definition) is 0. The molecule has 1 aromatic carbocycles. The Morgan fingerprint density at radius 1 is 1.29 bits per heavy atom. The van der Waals surface area contributed by atoms with Crippen LogP contribution in [0.5, 0.6) is 5.75 Å². The van der Waals surface area contributed by atoms with E-state index >= 15 is 0 Å². The molecule has 0 fully saturated rings. The molecule has 0 atom stereocenters. The third-order valence-corrected chi connectivity index (χ3v) is 1.63. The molecule has 5 heteroatoms. The van der Waals surface area contributed by atoms with Crippen molar-refractivity contribution in [2.24, 2.45) is 0 Å². The summed E-state index contributed by atoms with van der Waals surface area (Å²) in [4.78, 5) is 10.3. The minimum atomic E-state index is -4.47. The van der Waals surface area contributed by atoms with Crippen LogP contribution in [0.25, 0.3) is 0 Å². The van der Waals surface area contributed by atoms with Gasteiger partial charge in [-0.1, -0.05) is 0 Å². The summed E-state index contributed by atoms with van der Waals surface area (Å²) >= 11 is 0. The Kier molecular flexibility index (Phi) is 2.78. The SMILES string of the molecule is COc1cc(C=O)cc(C(F)(F)F)c1. The molecule has 0 amide bonds. The molecule has 0 radical (unpaired) electrons. The van der Waals surface area contributed by atoms with Gasteiger partial charge in [0, 0.05) is 5.56 Å². The molecule has 2 nitrogen and oxygen atoms in total. The molecular weight excluding hydrogens is 197 g/mol. The first-order valence-electron chi connectivity index (χ1n) is 3.69. The highest BCUT2D eigenvalue weighted by Gasteiger charge is 2.31. The average molecular weight is 204 g/mol. The largest absolute Gasteiger partial charge is 0.497 e. The summed E-state index contributed by atoms with van der Waals surface area (Å²) in [6, 6.07) is 2.85. The summed E-state index contributed by atoms with van der Waals surface area (Å²) in [5, 5.41) is 0. The Morgan fingerprint density at radius 3 is 2.36 bits per heavy atom. The van der Waals surface area contributed by atoms with E-state index in [0.29, 0.717) is 6.29 Å². The second kappa shape index (κ2) is 3.69. The number of alkyl halides is 3. The van der Waals surface area contributed by atoms with E-state index in [-0.39, 0.29) is 11.3 Å². The summed E-state index contributed by atoms with van der Waals surface area (Å²) in [6.45, 7) is 0. The van der Waals surface area contributed by atoms with Crippen LogP contribution in [0, 0.1) is 0 Å². The normalized spacial score (nSPS) is 11.1. The molecule has 0 heterocycles. The first-order chi connectivity index (χ1) is 6.47. The molecule has 0 aromatic heterocycles. The van der Waals surface area contributed by atoms with Crippen molar-refractivity contribution < 1.29 is 22.7 Å². The zero-order valence-corrected chi connectivity index (χ0v) is 7.26. The van der Waals surface area contributed by atoms with Crippen LogP contribution in [-0.4, -0.2) is 13.4 Å². The number of rotatable bonds is 2. The molecule has 0 N–H and O–H groups in total. The molecule has 1 rings (SSSR count). The number of halogens is 3. The maximum Gasteiger partial charge on any atom is 0.416 e. The van der Waals surface area contributed by atoms with Crippen LogP contribution in [-0.2, 0) is 6.18 Å². The van der Waals surface area contributed by atoms with Gasteiger partial charge in [0.25, 0.3) is 0 Å². The average Bonchev–Trinajstić information content (AvgIpc) is 2.15. The topological polar surface area (TPSA) is 26.3 Å². The maximum absolute atomic E-state index is 12.2. The number of methoxy groups -OCH3 is 1. The van der Waals surface area contributed by atoms with Crippen molar-refractivity contribution in [1.82, 2.24) is 0 Å². The number of hydrogen-bond acceptors (Lipinski definition) is 2. The first-order valence-corrected chi connectivity index (χ1v) is 3.69. The molecule has 0 saturated heterocycles. The molecule has 0 aliphatic carbocycles. The minimum Gasteiger partial charge on any atom is -0.497 e. The lowest BCUT2D eigenvalue weighted by Crippen LogP contribution is -2.06. The number of aldehydes is 1.